The van der Waals surface area contributed by atoms with Crippen LogP contribution in [0.4, 0.5) is 14.5 Å². The van der Waals surface area contributed by atoms with Gasteiger partial charge in [0.1, 0.15) is 11.6 Å². The number of hydrogen-bond donors (Lipinski definition) is 1. The van der Waals surface area contributed by atoms with Gasteiger partial charge in [-0.25, -0.2) is 8.78 Å². The van der Waals surface area contributed by atoms with Crippen LogP contribution in [-0.2, 0) is 13.1 Å². The average Bonchev–Trinajstić information content (AvgIpc) is 2.48. The van der Waals surface area contributed by atoms with E-state index >= 15 is 0 Å². The molecule has 0 saturated carbocycles. The summed E-state index contributed by atoms with van der Waals surface area (Å²) in [4.78, 5) is 1.95. The van der Waals surface area contributed by atoms with E-state index in [1.54, 1.807) is 12.1 Å². The molecule has 0 atom stereocenters. The molecule has 2 nitrogen and oxygen atoms in total. The molecule has 0 aliphatic heterocycles. The lowest BCUT2D eigenvalue weighted by atomic mass is 10.1. The van der Waals surface area contributed by atoms with E-state index in [4.69, 9.17) is 0 Å². The molecule has 0 heterocycles. The minimum Gasteiger partial charge on any atom is -0.367 e. The van der Waals surface area contributed by atoms with E-state index in [9.17, 15) is 8.78 Å². The molecule has 0 aromatic heterocycles. The van der Waals surface area contributed by atoms with Gasteiger partial charge in [-0.1, -0.05) is 12.1 Å². The van der Waals surface area contributed by atoms with Crippen LogP contribution in [0.25, 0.3) is 0 Å². The van der Waals surface area contributed by atoms with E-state index in [1.807, 2.05) is 31.0 Å². The zero-order chi connectivity index (χ0) is 15.2. The van der Waals surface area contributed by atoms with Gasteiger partial charge in [-0.2, -0.15) is 0 Å². The predicted octanol–water partition coefficient (Wildman–Crippen LogP) is 3.71. The van der Waals surface area contributed by atoms with Crippen molar-refractivity contribution >= 4 is 5.69 Å². The van der Waals surface area contributed by atoms with Crippen molar-refractivity contribution in [1.29, 1.82) is 0 Å². The highest BCUT2D eigenvalue weighted by atomic mass is 19.1. The summed E-state index contributed by atoms with van der Waals surface area (Å²) in [5, 5.41) is 3.05. The fourth-order valence-corrected chi connectivity index (χ4v) is 2.33. The number of anilines is 1. The molecule has 0 radical (unpaired) electrons. The Morgan fingerprint density at radius 1 is 1.10 bits per heavy atom. The van der Waals surface area contributed by atoms with E-state index in [0.717, 1.165) is 11.3 Å². The summed E-state index contributed by atoms with van der Waals surface area (Å²) in [6, 6.07) is 11.5. The number of benzene rings is 2. The Labute approximate surface area is 124 Å². The highest BCUT2D eigenvalue weighted by Gasteiger charge is 2.10. The Morgan fingerprint density at radius 3 is 2.57 bits per heavy atom. The third-order valence-electron chi connectivity index (χ3n) is 3.41. The predicted molar refractivity (Wildman–Crippen MR) is 82.3 cm³/mol. The maximum absolute atomic E-state index is 14.0. The van der Waals surface area contributed by atoms with Crippen LogP contribution in [-0.4, -0.2) is 13.6 Å². The van der Waals surface area contributed by atoms with Crippen LogP contribution in [0.15, 0.2) is 42.5 Å². The first-order valence-electron chi connectivity index (χ1n) is 7.06. The highest BCUT2D eigenvalue weighted by Crippen LogP contribution is 2.20. The molecule has 21 heavy (non-hydrogen) atoms. The second-order valence-corrected chi connectivity index (χ2v) is 4.95. The van der Waals surface area contributed by atoms with Gasteiger partial charge in [0.2, 0.25) is 0 Å². The van der Waals surface area contributed by atoms with Crippen molar-refractivity contribution in [3.8, 4) is 0 Å². The van der Waals surface area contributed by atoms with Gasteiger partial charge in [-0.05, 0) is 49.9 Å². The van der Waals surface area contributed by atoms with Crippen LogP contribution < -0.4 is 10.2 Å². The van der Waals surface area contributed by atoms with E-state index in [0.29, 0.717) is 25.2 Å². The Bertz CT molecular complexity index is 599. The molecule has 2 aromatic carbocycles. The number of nitrogens with zero attached hydrogens (tertiary/aromatic N) is 1. The summed E-state index contributed by atoms with van der Waals surface area (Å²) in [5.74, 6) is -0.514. The van der Waals surface area contributed by atoms with Crippen LogP contribution in [0.5, 0.6) is 0 Å². The second kappa shape index (κ2) is 7.18. The van der Waals surface area contributed by atoms with Gasteiger partial charge in [-0.15, -0.1) is 0 Å². The quantitative estimate of drug-likeness (QED) is 0.872. The molecular formula is C17H20F2N2. The van der Waals surface area contributed by atoms with Crippen LogP contribution >= 0.6 is 0 Å². The molecular weight excluding hydrogens is 270 g/mol. The third-order valence-corrected chi connectivity index (χ3v) is 3.41. The van der Waals surface area contributed by atoms with Gasteiger partial charge in [0.05, 0.1) is 0 Å². The number of hydrogen-bond acceptors (Lipinski definition) is 2. The zero-order valence-corrected chi connectivity index (χ0v) is 12.4. The lowest BCUT2D eigenvalue weighted by Gasteiger charge is -2.24. The van der Waals surface area contributed by atoms with Gasteiger partial charge in [0.15, 0.2) is 0 Å². The second-order valence-electron chi connectivity index (χ2n) is 4.95. The van der Waals surface area contributed by atoms with Crippen molar-refractivity contribution in [2.45, 2.75) is 20.0 Å². The summed E-state index contributed by atoms with van der Waals surface area (Å²) >= 11 is 0. The third kappa shape index (κ3) is 4.02. The first-order chi connectivity index (χ1) is 10.1. The summed E-state index contributed by atoms with van der Waals surface area (Å²) in [6.07, 6.45) is 0. The van der Waals surface area contributed by atoms with Gasteiger partial charge in [0, 0.05) is 30.9 Å². The van der Waals surface area contributed by atoms with E-state index < -0.39 is 0 Å². The fourth-order valence-electron chi connectivity index (χ4n) is 2.33. The highest BCUT2D eigenvalue weighted by molar-refractivity contribution is 5.47. The SMILES string of the molecule is CCN(Cc1cc(CNC)ccc1F)c1cccc(F)c1. The number of rotatable bonds is 6. The van der Waals surface area contributed by atoms with Crippen molar-refractivity contribution in [2.75, 3.05) is 18.5 Å². The van der Waals surface area contributed by atoms with E-state index in [2.05, 4.69) is 5.32 Å². The molecule has 0 aliphatic rings. The Kier molecular flexibility index (Phi) is 5.28. The maximum atomic E-state index is 14.0. The molecule has 0 saturated heterocycles. The summed E-state index contributed by atoms with van der Waals surface area (Å²) < 4.78 is 27.3. The Morgan fingerprint density at radius 2 is 1.90 bits per heavy atom. The fraction of sp³-hybridized carbons (Fsp3) is 0.294. The molecule has 0 amide bonds. The first-order valence-corrected chi connectivity index (χ1v) is 7.06. The van der Waals surface area contributed by atoms with Crippen LogP contribution in [0.2, 0.25) is 0 Å². The monoisotopic (exact) mass is 290 g/mol. The molecule has 0 bridgehead atoms. The standard InChI is InChI=1S/C17H20F2N2/c1-3-21(16-6-4-5-15(18)10-16)12-14-9-13(11-20-2)7-8-17(14)19/h4-10,20H,3,11-12H2,1-2H3. The minimum atomic E-state index is -0.282. The molecule has 2 aromatic rings. The molecule has 4 heteroatoms. The largest absolute Gasteiger partial charge is 0.367 e. The van der Waals surface area contributed by atoms with Crippen LogP contribution in [0.3, 0.4) is 0 Å². The first kappa shape index (κ1) is 15.4. The van der Waals surface area contributed by atoms with Crippen LogP contribution in [0, 0.1) is 11.6 Å². The molecule has 0 spiro atoms. The molecule has 2 rings (SSSR count). The van der Waals surface area contributed by atoms with E-state index in [1.165, 1.54) is 18.2 Å². The number of nitrogens with one attached hydrogen (secondary N) is 1. The minimum absolute atomic E-state index is 0.232. The summed E-state index contributed by atoms with van der Waals surface area (Å²) in [7, 11) is 1.86. The molecule has 0 fully saturated rings. The maximum Gasteiger partial charge on any atom is 0.128 e. The zero-order valence-electron chi connectivity index (χ0n) is 12.4. The molecule has 1 N–H and O–H groups in total. The van der Waals surface area contributed by atoms with E-state index in [-0.39, 0.29) is 11.6 Å². The van der Waals surface area contributed by atoms with Crippen molar-refractivity contribution in [3.05, 3.63) is 65.2 Å². The average molecular weight is 290 g/mol. The number of halogens is 2. The van der Waals surface area contributed by atoms with Gasteiger partial charge in [-0.3, -0.25) is 0 Å². The normalized spacial score (nSPS) is 10.7. The van der Waals surface area contributed by atoms with Crippen molar-refractivity contribution in [2.24, 2.45) is 0 Å². The van der Waals surface area contributed by atoms with Crippen molar-refractivity contribution < 1.29 is 8.78 Å². The van der Waals surface area contributed by atoms with Gasteiger partial charge >= 0.3 is 0 Å². The molecule has 0 aliphatic carbocycles. The molecule has 112 valence electrons. The summed E-state index contributed by atoms with van der Waals surface area (Å²) in [6.45, 7) is 3.77. The van der Waals surface area contributed by atoms with Gasteiger partial charge < -0.3 is 10.2 Å². The van der Waals surface area contributed by atoms with Crippen molar-refractivity contribution in [1.82, 2.24) is 5.32 Å². The van der Waals surface area contributed by atoms with Crippen molar-refractivity contribution in [3.63, 3.8) is 0 Å². The molecule has 0 unspecified atom stereocenters. The van der Waals surface area contributed by atoms with Crippen LogP contribution in [0.1, 0.15) is 18.1 Å². The lowest BCUT2D eigenvalue weighted by Crippen LogP contribution is -2.23. The Balaban J connectivity index is 2.24. The topological polar surface area (TPSA) is 15.3 Å². The Hall–Kier alpha value is -1.94. The lowest BCUT2D eigenvalue weighted by molar-refractivity contribution is 0.602. The summed E-state index contributed by atoms with van der Waals surface area (Å²) in [5.41, 5.74) is 2.41. The van der Waals surface area contributed by atoms with Gasteiger partial charge in [0.25, 0.3) is 0 Å². The smallest absolute Gasteiger partial charge is 0.128 e.